The van der Waals surface area contributed by atoms with Crippen molar-refractivity contribution in [1.29, 1.82) is 0 Å². The number of fused-ring (bicyclic) bond motifs is 1. The Hall–Kier alpha value is -2.77. The van der Waals surface area contributed by atoms with Crippen LogP contribution in [0.1, 0.15) is 54.5 Å². The summed E-state index contributed by atoms with van der Waals surface area (Å²) in [5.41, 5.74) is 1.71. The van der Waals surface area contributed by atoms with E-state index in [0.29, 0.717) is 28.5 Å². The molecule has 0 spiro atoms. The molecule has 6 nitrogen and oxygen atoms in total. The molecule has 0 atom stereocenters. The quantitative estimate of drug-likeness (QED) is 0.748. The highest BCUT2D eigenvalue weighted by Crippen LogP contribution is 2.29. The fraction of sp³-hybridized carbons (Fsp3) is 0.353. The lowest BCUT2D eigenvalue weighted by atomic mass is 10.2. The minimum atomic E-state index is -2.66. The first-order chi connectivity index (χ1) is 12.1. The van der Waals surface area contributed by atoms with Crippen LogP contribution in [0.5, 0.6) is 0 Å². The molecule has 0 saturated heterocycles. The van der Waals surface area contributed by atoms with E-state index in [9.17, 15) is 13.6 Å². The summed E-state index contributed by atoms with van der Waals surface area (Å²) in [4.78, 5) is 18.7. The number of carbonyl (C=O) groups excluding carboxylic acids is 1. The molecule has 2 aromatic heterocycles. The molecule has 1 saturated carbocycles. The molecule has 1 aromatic carbocycles. The van der Waals surface area contributed by atoms with Crippen LogP contribution < -0.4 is 5.32 Å². The van der Waals surface area contributed by atoms with E-state index >= 15 is 0 Å². The van der Waals surface area contributed by atoms with E-state index in [2.05, 4.69) is 20.4 Å². The van der Waals surface area contributed by atoms with Gasteiger partial charge in [0.1, 0.15) is 0 Å². The summed E-state index contributed by atoms with van der Waals surface area (Å²) < 4.78 is 27.2. The smallest absolute Gasteiger partial charge is 0.295 e. The fourth-order valence-electron chi connectivity index (χ4n) is 3.24. The summed E-state index contributed by atoms with van der Waals surface area (Å²) in [5.74, 6) is -0.710. The minimum Gasteiger partial charge on any atom is -0.337 e. The maximum Gasteiger partial charge on any atom is 0.295 e. The van der Waals surface area contributed by atoms with Gasteiger partial charge in [0.25, 0.3) is 12.3 Å². The van der Waals surface area contributed by atoms with Crippen molar-refractivity contribution in [2.75, 3.05) is 5.32 Å². The molecule has 130 valence electrons. The van der Waals surface area contributed by atoms with Crippen molar-refractivity contribution < 1.29 is 13.6 Å². The van der Waals surface area contributed by atoms with Crippen molar-refractivity contribution in [2.24, 2.45) is 0 Å². The van der Waals surface area contributed by atoms with Gasteiger partial charge in [-0.25, -0.2) is 13.8 Å². The van der Waals surface area contributed by atoms with E-state index < -0.39 is 6.43 Å². The molecule has 0 unspecified atom stereocenters. The van der Waals surface area contributed by atoms with Gasteiger partial charge in [0, 0.05) is 11.9 Å². The molecule has 2 heterocycles. The summed E-state index contributed by atoms with van der Waals surface area (Å²) >= 11 is 0. The first kappa shape index (κ1) is 15.7. The van der Waals surface area contributed by atoms with Gasteiger partial charge in [-0.3, -0.25) is 9.48 Å². The number of carbonyl (C=O) groups is 1. The van der Waals surface area contributed by atoms with E-state index in [0.717, 1.165) is 12.8 Å². The van der Waals surface area contributed by atoms with E-state index in [1.807, 2.05) is 10.9 Å². The van der Waals surface area contributed by atoms with Gasteiger partial charge >= 0.3 is 0 Å². The predicted molar refractivity (Wildman–Crippen MR) is 88.7 cm³/mol. The number of aromatic nitrogens is 4. The van der Waals surface area contributed by atoms with Crippen LogP contribution in [0.3, 0.4) is 0 Å². The SMILES string of the molecule is O=C(Nc1ccc2nc(C(F)F)[nH]c2c1)c1ccn(C2CCCC2)n1. The molecule has 1 aliphatic carbocycles. The third-order valence-electron chi connectivity index (χ3n) is 4.50. The molecular formula is C17H17F2N5O. The number of imidazole rings is 1. The maximum absolute atomic E-state index is 12.7. The third-order valence-corrected chi connectivity index (χ3v) is 4.50. The number of anilines is 1. The van der Waals surface area contributed by atoms with Crippen LogP contribution in [0, 0.1) is 0 Å². The lowest BCUT2D eigenvalue weighted by Gasteiger charge is -2.08. The molecule has 25 heavy (non-hydrogen) atoms. The molecule has 1 aliphatic rings. The molecule has 0 aliphatic heterocycles. The molecule has 1 amide bonds. The monoisotopic (exact) mass is 345 g/mol. The van der Waals surface area contributed by atoms with Gasteiger partial charge in [-0.2, -0.15) is 5.10 Å². The van der Waals surface area contributed by atoms with Crippen LogP contribution in [0.25, 0.3) is 11.0 Å². The first-order valence-electron chi connectivity index (χ1n) is 8.24. The number of nitrogens with one attached hydrogen (secondary N) is 2. The van der Waals surface area contributed by atoms with Crippen LogP contribution in [-0.4, -0.2) is 25.7 Å². The van der Waals surface area contributed by atoms with Gasteiger partial charge in [0.15, 0.2) is 11.5 Å². The van der Waals surface area contributed by atoms with Crippen LogP contribution in [-0.2, 0) is 0 Å². The molecule has 4 rings (SSSR count). The number of hydrogen-bond donors (Lipinski definition) is 2. The molecule has 8 heteroatoms. The van der Waals surface area contributed by atoms with Gasteiger partial charge in [-0.15, -0.1) is 0 Å². The second-order valence-electron chi connectivity index (χ2n) is 6.23. The zero-order valence-corrected chi connectivity index (χ0v) is 13.4. The lowest BCUT2D eigenvalue weighted by molar-refractivity contribution is 0.102. The number of alkyl halides is 2. The van der Waals surface area contributed by atoms with E-state index in [1.54, 1.807) is 24.3 Å². The minimum absolute atomic E-state index is 0.329. The largest absolute Gasteiger partial charge is 0.337 e. The van der Waals surface area contributed by atoms with Gasteiger partial charge in [0.2, 0.25) is 0 Å². The van der Waals surface area contributed by atoms with Crippen molar-refractivity contribution in [3.05, 3.63) is 42.0 Å². The van der Waals surface area contributed by atoms with Crippen LogP contribution >= 0.6 is 0 Å². The van der Waals surface area contributed by atoms with Crippen LogP contribution in [0.4, 0.5) is 14.5 Å². The molecule has 1 fully saturated rings. The average Bonchev–Trinajstić information content (AvgIpc) is 3.33. The molecular weight excluding hydrogens is 328 g/mol. The van der Waals surface area contributed by atoms with Gasteiger partial charge in [-0.05, 0) is 37.1 Å². The van der Waals surface area contributed by atoms with Gasteiger partial charge in [0.05, 0.1) is 17.1 Å². The van der Waals surface area contributed by atoms with Crippen molar-refractivity contribution >= 4 is 22.6 Å². The highest BCUT2D eigenvalue weighted by atomic mass is 19.3. The van der Waals surface area contributed by atoms with Crippen LogP contribution in [0.2, 0.25) is 0 Å². The topological polar surface area (TPSA) is 75.6 Å². The number of nitrogens with zero attached hydrogens (tertiary/aromatic N) is 3. The van der Waals surface area contributed by atoms with Crippen molar-refractivity contribution in [3.63, 3.8) is 0 Å². The number of H-pyrrole nitrogens is 1. The number of aromatic amines is 1. The van der Waals surface area contributed by atoms with E-state index in [1.165, 1.54) is 12.8 Å². The summed E-state index contributed by atoms with van der Waals surface area (Å²) in [6, 6.07) is 6.86. The summed E-state index contributed by atoms with van der Waals surface area (Å²) in [6.07, 6.45) is 3.73. The Morgan fingerprint density at radius 3 is 2.84 bits per heavy atom. The number of rotatable bonds is 4. The Kier molecular flexibility index (Phi) is 3.95. The second kappa shape index (κ2) is 6.27. The molecule has 2 N–H and O–H groups in total. The van der Waals surface area contributed by atoms with Crippen molar-refractivity contribution in [2.45, 2.75) is 38.2 Å². The zero-order chi connectivity index (χ0) is 17.4. The highest BCUT2D eigenvalue weighted by molar-refractivity contribution is 6.03. The van der Waals surface area contributed by atoms with Crippen LogP contribution in [0.15, 0.2) is 30.5 Å². The fourth-order valence-corrected chi connectivity index (χ4v) is 3.24. The maximum atomic E-state index is 12.7. The summed E-state index contributed by atoms with van der Waals surface area (Å²) in [6.45, 7) is 0. The molecule has 3 aromatic rings. The Bertz CT molecular complexity index is 911. The Morgan fingerprint density at radius 2 is 2.08 bits per heavy atom. The number of benzene rings is 1. The van der Waals surface area contributed by atoms with Crippen molar-refractivity contribution in [1.82, 2.24) is 19.7 Å². The predicted octanol–water partition coefficient (Wildman–Crippen LogP) is 4.06. The Labute approximate surface area is 142 Å². The molecule has 0 bridgehead atoms. The lowest BCUT2D eigenvalue weighted by Crippen LogP contribution is -2.14. The average molecular weight is 345 g/mol. The molecule has 0 radical (unpaired) electrons. The Balaban J connectivity index is 1.51. The van der Waals surface area contributed by atoms with Crippen molar-refractivity contribution in [3.8, 4) is 0 Å². The normalized spacial score (nSPS) is 15.3. The second-order valence-corrected chi connectivity index (χ2v) is 6.23. The third kappa shape index (κ3) is 3.11. The first-order valence-corrected chi connectivity index (χ1v) is 8.24. The summed E-state index contributed by atoms with van der Waals surface area (Å²) in [7, 11) is 0. The number of amides is 1. The zero-order valence-electron chi connectivity index (χ0n) is 13.4. The highest BCUT2D eigenvalue weighted by Gasteiger charge is 2.19. The van der Waals surface area contributed by atoms with E-state index in [-0.39, 0.29) is 11.7 Å². The number of hydrogen-bond acceptors (Lipinski definition) is 3. The Morgan fingerprint density at radius 1 is 1.28 bits per heavy atom. The number of halogens is 2. The standard InChI is InChI=1S/C17H17F2N5O/c18-15(19)16-21-12-6-5-10(9-14(12)22-16)20-17(25)13-7-8-24(23-13)11-3-1-2-4-11/h5-9,11,15H,1-4H2,(H,20,25)(H,21,22). The van der Waals surface area contributed by atoms with Gasteiger partial charge in [-0.1, -0.05) is 12.8 Å². The van der Waals surface area contributed by atoms with E-state index in [4.69, 9.17) is 0 Å². The van der Waals surface area contributed by atoms with Gasteiger partial charge < -0.3 is 10.3 Å². The summed E-state index contributed by atoms with van der Waals surface area (Å²) in [5, 5.41) is 7.11.